The van der Waals surface area contributed by atoms with Crippen LogP contribution < -0.4 is 5.32 Å². The summed E-state index contributed by atoms with van der Waals surface area (Å²) in [5, 5.41) is 3.44. The fourth-order valence-electron chi connectivity index (χ4n) is 2.02. The molecule has 0 heterocycles. The lowest BCUT2D eigenvalue weighted by Crippen LogP contribution is -2.27. The summed E-state index contributed by atoms with van der Waals surface area (Å²) >= 11 is 0. The maximum absolute atomic E-state index is 3.44. The van der Waals surface area contributed by atoms with Crippen LogP contribution in [-0.4, -0.2) is 13.1 Å². The summed E-state index contributed by atoms with van der Waals surface area (Å²) in [7, 11) is 2.08. The fraction of sp³-hybridized carbons (Fsp3) is 0.600. The van der Waals surface area contributed by atoms with Crippen LogP contribution in [0.25, 0.3) is 0 Å². The Morgan fingerprint density at radius 3 is 2.44 bits per heavy atom. The van der Waals surface area contributed by atoms with Crippen molar-refractivity contribution in [1.82, 2.24) is 5.32 Å². The SMILES string of the molecule is CCC(C)CC(CCc1ccccc1)NC. The van der Waals surface area contributed by atoms with Gasteiger partial charge in [0.25, 0.3) is 0 Å². The first-order valence-electron chi connectivity index (χ1n) is 6.47. The summed E-state index contributed by atoms with van der Waals surface area (Å²) in [6, 6.07) is 11.4. The summed E-state index contributed by atoms with van der Waals surface area (Å²) in [6.45, 7) is 4.61. The van der Waals surface area contributed by atoms with Crippen LogP contribution in [0.2, 0.25) is 0 Å². The Morgan fingerprint density at radius 1 is 1.19 bits per heavy atom. The van der Waals surface area contributed by atoms with E-state index in [1.165, 1.54) is 31.2 Å². The number of nitrogens with one attached hydrogen (secondary N) is 1. The van der Waals surface area contributed by atoms with E-state index < -0.39 is 0 Å². The molecule has 16 heavy (non-hydrogen) atoms. The smallest absolute Gasteiger partial charge is 0.00697 e. The van der Waals surface area contributed by atoms with Crippen molar-refractivity contribution < 1.29 is 0 Å². The van der Waals surface area contributed by atoms with Crippen molar-refractivity contribution in [2.24, 2.45) is 5.92 Å². The largest absolute Gasteiger partial charge is 0.317 e. The molecule has 0 aliphatic rings. The Hall–Kier alpha value is -0.820. The minimum absolute atomic E-state index is 0.662. The van der Waals surface area contributed by atoms with Gasteiger partial charge in [0.1, 0.15) is 0 Å². The minimum atomic E-state index is 0.662. The van der Waals surface area contributed by atoms with Crippen LogP contribution in [0.1, 0.15) is 38.7 Å². The predicted molar refractivity (Wildman–Crippen MR) is 71.7 cm³/mol. The summed E-state index contributed by atoms with van der Waals surface area (Å²) in [6.07, 6.45) is 5.00. The van der Waals surface area contributed by atoms with E-state index in [4.69, 9.17) is 0 Å². The fourth-order valence-corrected chi connectivity index (χ4v) is 2.02. The molecule has 1 rings (SSSR count). The molecule has 0 aromatic heterocycles. The van der Waals surface area contributed by atoms with Gasteiger partial charge in [0.2, 0.25) is 0 Å². The van der Waals surface area contributed by atoms with E-state index in [2.05, 4.69) is 56.5 Å². The van der Waals surface area contributed by atoms with Crippen LogP contribution in [0, 0.1) is 5.92 Å². The Labute approximate surface area is 100 Å². The van der Waals surface area contributed by atoms with Gasteiger partial charge in [-0.25, -0.2) is 0 Å². The van der Waals surface area contributed by atoms with E-state index in [1.54, 1.807) is 0 Å². The van der Waals surface area contributed by atoms with Crippen LogP contribution in [-0.2, 0) is 6.42 Å². The van der Waals surface area contributed by atoms with Gasteiger partial charge in [0.15, 0.2) is 0 Å². The molecule has 1 N–H and O–H groups in total. The molecular weight excluding hydrogens is 194 g/mol. The van der Waals surface area contributed by atoms with Crippen LogP contribution in [0.15, 0.2) is 30.3 Å². The first kappa shape index (κ1) is 13.2. The molecule has 0 aliphatic carbocycles. The number of aryl methyl sites for hydroxylation is 1. The highest BCUT2D eigenvalue weighted by Gasteiger charge is 2.09. The van der Waals surface area contributed by atoms with E-state index in [0.717, 1.165) is 5.92 Å². The molecule has 1 nitrogen and oxygen atoms in total. The van der Waals surface area contributed by atoms with E-state index in [-0.39, 0.29) is 0 Å². The van der Waals surface area contributed by atoms with Crippen LogP contribution in [0.4, 0.5) is 0 Å². The molecular formula is C15H25N. The highest BCUT2D eigenvalue weighted by molar-refractivity contribution is 5.14. The minimum Gasteiger partial charge on any atom is -0.317 e. The van der Waals surface area contributed by atoms with Crippen molar-refractivity contribution >= 4 is 0 Å². The Morgan fingerprint density at radius 2 is 1.88 bits per heavy atom. The first-order chi connectivity index (χ1) is 7.76. The molecule has 0 bridgehead atoms. The molecule has 0 radical (unpaired) electrons. The standard InChI is InChI=1S/C15H25N/c1-4-13(2)12-15(16-3)11-10-14-8-6-5-7-9-14/h5-9,13,15-16H,4,10-12H2,1-3H3. The van der Waals surface area contributed by atoms with E-state index >= 15 is 0 Å². The number of rotatable bonds is 7. The van der Waals surface area contributed by atoms with Gasteiger partial charge in [0.05, 0.1) is 0 Å². The van der Waals surface area contributed by atoms with Gasteiger partial charge in [-0.1, -0.05) is 50.6 Å². The molecule has 1 heteroatoms. The lowest BCUT2D eigenvalue weighted by molar-refractivity contribution is 0.395. The second kappa shape index (κ2) is 7.45. The number of benzene rings is 1. The van der Waals surface area contributed by atoms with Gasteiger partial charge < -0.3 is 5.32 Å². The molecule has 90 valence electrons. The van der Waals surface area contributed by atoms with Crippen molar-refractivity contribution in [3.05, 3.63) is 35.9 Å². The maximum Gasteiger partial charge on any atom is 0.00697 e. The molecule has 0 saturated carbocycles. The van der Waals surface area contributed by atoms with Gasteiger partial charge >= 0.3 is 0 Å². The van der Waals surface area contributed by atoms with Gasteiger partial charge in [0, 0.05) is 6.04 Å². The van der Waals surface area contributed by atoms with Gasteiger partial charge in [-0.05, 0) is 37.8 Å². The molecule has 0 amide bonds. The average Bonchev–Trinajstić information content (AvgIpc) is 2.35. The zero-order valence-corrected chi connectivity index (χ0v) is 10.9. The molecule has 0 fully saturated rings. The van der Waals surface area contributed by atoms with Gasteiger partial charge in [-0.2, -0.15) is 0 Å². The summed E-state index contributed by atoms with van der Waals surface area (Å²) in [4.78, 5) is 0. The van der Waals surface area contributed by atoms with Crippen LogP contribution in [0.5, 0.6) is 0 Å². The van der Waals surface area contributed by atoms with Crippen LogP contribution in [0.3, 0.4) is 0 Å². The lowest BCUT2D eigenvalue weighted by Gasteiger charge is -2.19. The molecule has 2 unspecified atom stereocenters. The van der Waals surface area contributed by atoms with Crippen LogP contribution >= 0.6 is 0 Å². The third-order valence-electron chi connectivity index (χ3n) is 3.42. The van der Waals surface area contributed by atoms with E-state index in [9.17, 15) is 0 Å². The van der Waals surface area contributed by atoms with Crippen molar-refractivity contribution in [2.45, 2.75) is 45.6 Å². The maximum atomic E-state index is 3.44. The van der Waals surface area contributed by atoms with Crippen molar-refractivity contribution in [1.29, 1.82) is 0 Å². The predicted octanol–water partition coefficient (Wildman–Crippen LogP) is 3.64. The first-order valence-corrected chi connectivity index (χ1v) is 6.47. The van der Waals surface area contributed by atoms with E-state index in [1.807, 2.05) is 0 Å². The van der Waals surface area contributed by atoms with Gasteiger partial charge in [-0.3, -0.25) is 0 Å². The third-order valence-corrected chi connectivity index (χ3v) is 3.42. The summed E-state index contributed by atoms with van der Waals surface area (Å²) < 4.78 is 0. The monoisotopic (exact) mass is 219 g/mol. The topological polar surface area (TPSA) is 12.0 Å². The van der Waals surface area contributed by atoms with Crippen molar-refractivity contribution in [2.75, 3.05) is 7.05 Å². The molecule has 0 aliphatic heterocycles. The molecule has 1 aromatic rings. The van der Waals surface area contributed by atoms with Crippen molar-refractivity contribution in [3.63, 3.8) is 0 Å². The summed E-state index contributed by atoms with van der Waals surface area (Å²) in [5.41, 5.74) is 1.45. The highest BCUT2D eigenvalue weighted by atomic mass is 14.9. The highest BCUT2D eigenvalue weighted by Crippen LogP contribution is 2.14. The zero-order chi connectivity index (χ0) is 11.8. The third kappa shape index (κ3) is 4.80. The van der Waals surface area contributed by atoms with E-state index in [0.29, 0.717) is 6.04 Å². The molecule has 0 saturated heterocycles. The normalized spacial score (nSPS) is 14.7. The number of hydrogen-bond acceptors (Lipinski definition) is 1. The zero-order valence-electron chi connectivity index (χ0n) is 10.9. The Bertz CT molecular complexity index is 268. The lowest BCUT2D eigenvalue weighted by atomic mass is 9.95. The Kier molecular flexibility index (Phi) is 6.17. The second-order valence-electron chi connectivity index (χ2n) is 4.76. The quantitative estimate of drug-likeness (QED) is 0.738. The number of hydrogen-bond donors (Lipinski definition) is 1. The van der Waals surface area contributed by atoms with Crippen molar-refractivity contribution in [3.8, 4) is 0 Å². The van der Waals surface area contributed by atoms with Gasteiger partial charge in [-0.15, -0.1) is 0 Å². The second-order valence-corrected chi connectivity index (χ2v) is 4.76. The average molecular weight is 219 g/mol. The summed E-state index contributed by atoms with van der Waals surface area (Å²) in [5.74, 6) is 0.827. The molecule has 0 spiro atoms. The Balaban J connectivity index is 2.34. The molecule has 2 atom stereocenters. The molecule has 1 aromatic carbocycles.